The fraction of sp³-hybridized carbons (Fsp3) is 0.263. The molecule has 0 spiro atoms. The lowest BCUT2D eigenvalue weighted by Gasteiger charge is -2.05. The lowest BCUT2D eigenvalue weighted by atomic mass is 10.1. The molecule has 0 bridgehead atoms. The Morgan fingerprint density at radius 1 is 1.09 bits per heavy atom. The van der Waals surface area contributed by atoms with Gasteiger partial charge in [-0.2, -0.15) is 0 Å². The Bertz CT molecular complexity index is 759. The highest BCUT2D eigenvalue weighted by molar-refractivity contribution is 7.18. The standard InChI is InChI=1S/C19H20N2OS/c1-2-5-14-8-10-15(11-9-14)20-18(22)12-13-19-21-16-6-3-4-7-17(16)23-19/h3-4,6-11H,2,5,12-13H2,1H3,(H,20,22). The highest BCUT2D eigenvalue weighted by atomic mass is 32.1. The third kappa shape index (κ3) is 4.17. The number of anilines is 1. The Morgan fingerprint density at radius 3 is 2.61 bits per heavy atom. The molecule has 3 rings (SSSR count). The van der Waals surface area contributed by atoms with Crippen LogP contribution in [0.4, 0.5) is 5.69 Å². The first-order valence-electron chi connectivity index (χ1n) is 7.98. The second-order valence-corrected chi connectivity index (χ2v) is 6.69. The molecule has 0 saturated carbocycles. The van der Waals surface area contributed by atoms with Gasteiger partial charge in [-0.1, -0.05) is 37.6 Å². The SMILES string of the molecule is CCCc1ccc(NC(=O)CCc2nc3ccccc3s2)cc1. The quantitative estimate of drug-likeness (QED) is 0.706. The van der Waals surface area contributed by atoms with Crippen molar-refractivity contribution in [3.63, 3.8) is 0 Å². The lowest BCUT2D eigenvalue weighted by molar-refractivity contribution is -0.116. The molecular weight excluding hydrogens is 304 g/mol. The van der Waals surface area contributed by atoms with Crippen LogP contribution in [-0.4, -0.2) is 10.9 Å². The molecule has 0 saturated heterocycles. The maximum atomic E-state index is 12.1. The number of carbonyl (C=O) groups is 1. The summed E-state index contributed by atoms with van der Waals surface area (Å²) in [6, 6.07) is 16.2. The van der Waals surface area contributed by atoms with Crippen LogP contribution in [0.2, 0.25) is 0 Å². The number of benzene rings is 2. The first-order chi connectivity index (χ1) is 11.2. The molecule has 0 atom stereocenters. The number of aromatic nitrogens is 1. The second kappa shape index (κ2) is 7.38. The van der Waals surface area contributed by atoms with E-state index < -0.39 is 0 Å². The predicted octanol–water partition coefficient (Wildman–Crippen LogP) is 4.82. The summed E-state index contributed by atoms with van der Waals surface area (Å²) >= 11 is 1.66. The zero-order chi connectivity index (χ0) is 16.1. The van der Waals surface area contributed by atoms with Crippen molar-refractivity contribution in [2.24, 2.45) is 0 Å². The number of hydrogen-bond acceptors (Lipinski definition) is 3. The number of aryl methyl sites for hydroxylation is 2. The van der Waals surface area contributed by atoms with Gasteiger partial charge in [-0.3, -0.25) is 4.79 Å². The Kier molecular flexibility index (Phi) is 5.03. The van der Waals surface area contributed by atoms with Crippen molar-refractivity contribution in [2.45, 2.75) is 32.6 Å². The molecule has 3 aromatic rings. The minimum Gasteiger partial charge on any atom is -0.326 e. The van der Waals surface area contributed by atoms with Crippen molar-refractivity contribution in [2.75, 3.05) is 5.32 Å². The van der Waals surface area contributed by atoms with Crippen LogP contribution in [0, 0.1) is 0 Å². The van der Waals surface area contributed by atoms with Crippen molar-refractivity contribution in [3.05, 3.63) is 59.1 Å². The van der Waals surface area contributed by atoms with Crippen LogP contribution in [0.5, 0.6) is 0 Å². The van der Waals surface area contributed by atoms with Gasteiger partial charge in [-0.05, 0) is 36.2 Å². The summed E-state index contributed by atoms with van der Waals surface area (Å²) in [6.07, 6.45) is 3.34. The Hall–Kier alpha value is -2.20. The van der Waals surface area contributed by atoms with Crippen LogP contribution in [0.15, 0.2) is 48.5 Å². The number of thiazole rings is 1. The Labute approximate surface area is 140 Å². The minimum absolute atomic E-state index is 0.0347. The van der Waals surface area contributed by atoms with Crippen molar-refractivity contribution in [1.29, 1.82) is 0 Å². The molecule has 4 heteroatoms. The fourth-order valence-corrected chi connectivity index (χ4v) is 3.48. The number of hydrogen-bond donors (Lipinski definition) is 1. The molecule has 1 N–H and O–H groups in total. The molecule has 0 aliphatic heterocycles. The zero-order valence-corrected chi connectivity index (χ0v) is 14.0. The Morgan fingerprint density at radius 2 is 1.87 bits per heavy atom. The van der Waals surface area contributed by atoms with Gasteiger partial charge >= 0.3 is 0 Å². The summed E-state index contributed by atoms with van der Waals surface area (Å²) in [7, 11) is 0. The molecule has 23 heavy (non-hydrogen) atoms. The normalized spacial score (nSPS) is 10.8. The molecule has 1 amide bonds. The van der Waals surface area contributed by atoms with E-state index >= 15 is 0 Å². The van der Waals surface area contributed by atoms with E-state index in [1.54, 1.807) is 11.3 Å². The van der Waals surface area contributed by atoms with Crippen molar-refractivity contribution >= 4 is 33.1 Å². The van der Waals surface area contributed by atoms with Crippen LogP contribution in [0.25, 0.3) is 10.2 Å². The summed E-state index contributed by atoms with van der Waals surface area (Å²) in [6.45, 7) is 2.16. The van der Waals surface area contributed by atoms with Gasteiger partial charge in [0.25, 0.3) is 0 Å². The molecule has 0 radical (unpaired) electrons. The zero-order valence-electron chi connectivity index (χ0n) is 13.2. The van der Waals surface area contributed by atoms with Gasteiger partial charge in [-0.25, -0.2) is 4.98 Å². The van der Waals surface area contributed by atoms with Gasteiger partial charge in [0.05, 0.1) is 15.2 Å². The number of carbonyl (C=O) groups excluding carboxylic acids is 1. The van der Waals surface area contributed by atoms with E-state index in [0.717, 1.165) is 29.1 Å². The first-order valence-corrected chi connectivity index (χ1v) is 8.79. The first kappa shape index (κ1) is 15.7. The number of amides is 1. The van der Waals surface area contributed by atoms with Gasteiger partial charge in [0, 0.05) is 18.5 Å². The minimum atomic E-state index is 0.0347. The van der Waals surface area contributed by atoms with Crippen LogP contribution < -0.4 is 5.32 Å². The molecule has 0 unspecified atom stereocenters. The van der Waals surface area contributed by atoms with E-state index in [0.29, 0.717) is 12.8 Å². The average Bonchev–Trinajstić information content (AvgIpc) is 2.98. The van der Waals surface area contributed by atoms with Crippen molar-refractivity contribution < 1.29 is 4.79 Å². The third-order valence-corrected chi connectivity index (χ3v) is 4.78. The largest absolute Gasteiger partial charge is 0.326 e. The van der Waals surface area contributed by atoms with E-state index in [4.69, 9.17) is 0 Å². The maximum absolute atomic E-state index is 12.1. The van der Waals surface area contributed by atoms with Crippen molar-refractivity contribution in [1.82, 2.24) is 4.98 Å². The molecule has 0 aliphatic rings. The van der Waals surface area contributed by atoms with Gasteiger partial charge < -0.3 is 5.32 Å². The number of nitrogens with zero attached hydrogens (tertiary/aromatic N) is 1. The summed E-state index contributed by atoms with van der Waals surface area (Å²) < 4.78 is 1.18. The van der Waals surface area contributed by atoms with E-state index in [-0.39, 0.29) is 5.91 Å². The van der Waals surface area contributed by atoms with Crippen LogP contribution in [-0.2, 0) is 17.6 Å². The van der Waals surface area contributed by atoms with E-state index in [2.05, 4.69) is 35.4 Å². The fourth-order valence-electron chi connectivity index (χ4n) is 2.51. The molecule has 0 aliphatic carbocycles. The number of fused-ring (bicyclic) bond motifs is 1. The third-order valence-electron chi connectivity index (χ3n) is 3.68. The number of rotatable bonds is 6. The Balaban J connectivity index is 1.54. The maximum Gasteiger partial charge on any atom is 0.224 e. The molecular formula is C19H20N2OS. The average molecular weight is 324 g/mol. The molecule has 3 nitrogen and oxygen atoms in total. The summed E-state index contributed by atoms with van der Waals surface area (Å²) in [5.74, 6) is 0.0347. The lowest BCUT2D eigenvalue weighted by Crippen LogP contribution is -2.12. The van der Waals surface area contributed by atoms with Crippen LogP contribution >= 0.6 is 11.3 Å². The van der Waals surface area contributed by atoms with E-state index in [1.807, 2.05) is 30.3 Å². The van der Waals surface area contributed by atoms with Crippen LogP contribution in [0.1, 0.15) is 30.3 Å². The summed E-state index contributed by atoms with van der Waals surface area (Å²) in [5, 5.41) is 3.97. The monoisotopic (exact) mass is 324 g/mol. The summed E-state index contributed by atoms with van der Waals surface area (Å²) in [5.41, 5.74) is 3.18. The van der Waals surface area contributed by atoms with Gasteiger partial charge in [0.2, 0.25) is 5.91 Å². The highest BCUT2D eigenvalue weighted by Gasteiger charge is 2.07. The molecule has 2 aromatic carbocycles. The molecule has 0 fully saturated rings. The van der Waals surface area contributed by atoms with Gasteiger partial charge in [0.1, 0.15) is 0 Å². The van der Waals surface area contributed by atoms with Gasteiger partial charge in [0.15, 0.2) is 0 Å². The van der Waals surface area contributed by atoms with Crippen LogP contribution in [0.3, 0.4) is 0 Å². The van der Waals surface area contributed by atoms with E-state index in [9.17, 15) is 4.79 Å². The van der Waals surface area contributed by atoms with Crippen molar-refractivity contribution in [3.8, 4) is 0 Å². The van der Waals surface area contributed by atoms with E-state index in [1.165, 1.54) is 10.3 Å². The molecule has 1 aromatic heterocycles. The summed E-state index contributed by atoms with van der Waals surface area (Å²) in [4.78, 5) is 16.6. The molecule has 118 valence electrons. The number of nitrogens with one attached hydrogen (secondary N) is 1. The highest BCUT2D eigenvalue weighted by Crippen LogP contribution is 2.22. The van der Waals surface area contributed by atoms with Gasteiger partial charge in [-0.15, -0.1) is 11.3 Å². The predicted molar refractivity (Wildman–Crippen MR) is 97.0 cm³/mol. The number of para-hydroxylation sites is 1. The topological polar surface area (TPSA) is 42.0 Å². The molecule has 1 heterocycles. The second-order valence-electron chi connectivity index (χ2n) is 5.57. The smallest absolute Gasteiger partial charge is 0.224 e.